The van der Waals surface area contributed by atoms with Crippen LogP contribution >= 0.6 is 0 Å². The molecule has 18 heavy (non-hydrogen) atoms. The summed E-state index contributed by atoms with van der Waals surface area (Å²) < 4.78 is 5.07. The lowest BCUT2D eigenvalue weighted by Crippen LogP contribution is -2.36. The third-order valence-electron chi connectivity index (χ3n) is 3.46. The number of carboxylic acid groups (broad SMARTS) is 1. The van der Waals surface area contributed by atoms with Gasteiger partial charge in [0.05, 0.1) is 12.5 Å². The van der Waals surface area contributed by atoms with Gasteiger partial charge in [-0.3, -0.25) is 4.79 Å². The van der Waals surface area contributed by atoms with Crippen LogP contribution in [0.5, 0.6) is 0 Å². The van der Waals surface area contributed by atoms with Gasteiger partial charge in [0.2, 0.25) is 0 Å². The van der Waals surface area contributed by atoms with E-state index in [0.717, 1.165) is 31.5 Å². The lowest BCUT2D eigenvalue weighted by Gasteiger charge is -2.32. The largest absolute Gasteiger partial charge is 0.481 e. The zero-order valence-corrected chi connectivity index (χ0v) is 10.6. The van der Waals surface area contributed by atoms with Crippen LogP contribution in [0.1, 0.15) is 18.4 Å². The molecule has 1 fully saturated rings. The van der Waals surface area contributed by atoms with Crippen LogP contribution in [0.15, 0.2) is 24.3 Å². The van der Waals surface area contributed by atoms with Crippen LogP contribution in [0.4, 0.5) is 5.69 Å². The molecule has 0 unspecified atom stereocenters. The van der Waals surface area contributed by atoms with Crippen LogP contribution in [-0.2, 0) is 16.1 Å². The predicted octanol–water partition coefficient (Wildman–Crippen LogP) is 2.13. The standard InChI is InChI=1S/C14H19NO3/c1-18-10-11-2-4-13(5-3-11)15-8-6-12(7-9-15)14(16)17/h2-5,12H,6-10H2,1H3,(H,16,17). The molecule has 0 amide bonds. The monoisotopic (exact) mass is 249 g/mol. The Balaban J connectivity index is 1.95. The van der Waals surface area contributed by atoms with Gasteiger partial charge in [-0.2, -0.15) is 0 Å². The molecular formula is C14H19NO3. The van der Waals surface area contributed by atoms with Gasteiger partial charge >= 0.3 is 5.97 Å². The highest BCUT2D eigenvalue weighted by Gasteiger charge is 2.24. The molecule has 1 N–H and O–H groups in total. The Labute approximate surface area is 107 Å². The summed E-state index contributed by atoms with van der Waals surface area (Å²) in [4.78, 5) is 13.1. The van der Waals surface area contributed by atoms with Gasteiger partial charge in [0.15, 0.2) is 0 Å². The second-order valence-corrected chi connectivity index (χ2v) is 4.70. The van der Waals surface area contributed by atoms with Crippen molar-refractivity contribution in [2.24, 2.45) is 5.92 Å². The van der Waals surface area contributed by atoms with E-state index >= 15 is 0 Å². The summed E-state index contributed by atoms with van der Waals surface area (Å²) in [5, 5.41) is 8.96. The summed E-state index contributed by atoms with van der Waals surface area (Å²) >= 11 is 0. The number of hydrogen-bond acceptors (Lipinski definition) is 3. The summed E-state index contributed by atoms with van der Waals surface area (Å²) in [5.74, 6) is -0.834. The number of carboxylic acids is 1. The van der Waals surface area contributed by atoms with Crippen LogP contribution in [0.25, 0.3) is 0 Å². The van der Waals surface area contributed by atoms with Crippen LogP contribution in [-0.4, -0.2) is 31.3 Å². The maximum Gasteiger partial charge on any atom is 0.306 e. The number of carbonyl (C=O) groups is 1. The highest BCUT2D eigenvalue weighted by molar-refractivity contribution is 5.70. The fourth-order valence-corrected chi connectivity index (χ4v) is 2.35. The molecule has 1 heterocycles. The Morgan fingerprint density at radius 2 is 1.94 bits per heavy atom. The molecule has 0 bridgehead atoms. The summed E-state index contributed by atoms with van der Waals surface area (Å²) in [5.41, 5.74) is 2.32. The molecule has 1 aliphatic heterocycles. The van der Waals surface area contributed by atoms with Gasteiger partial charge in [0.1, 0.15) is 0 Å². The van der Waals surface area contributed by atoms with Crippen molar-refractivity contribution in [1.29, 1.82) is 0 Å². The number of piperidine rings is 1. The highest BCUT2D eigenvalue weighted by Crippen LogP contribution is 2.23. The average Bonchev–Trinajstić information content (AvgIpc) is 2.40. The number of ether oxygens (including phenoxy) is 1. The van der Waals surface area contributed by atoms with Gasteiger partial charge in [-0.15, -0.1) is 0 Å². The number of methoxy groups -OCH3 is 1. The van der Waals surface area contributed by atoms with Crippen molar-refractivity contribution < 1.29 is 14.6 Å². The number of hydrogen-bond donors (Lipinski definition) is 1. The van der Waals surface area contributed by atoms with E-state index in [4.69, 9.17) is 9.84 Å². The van der Waals surface area contributed by atoms with Gasteiger partial charge in [-0.25, -0.2) is 0 Å². The number of benzene rings is 1. The molecule has 1 aliphatic rings. The first-order valence-corrected chi connectivity index (χ1v) is 6.26. The Morgan fingerprint density at radius 3 is 2.44 bits per heavy atom. The van der Waals surface area contributed by atoms with Crippen LogP contribution < -0.4 is 4.90 Å². The van der Waals surface area contributed by atoms with Gasteiger partial charge in [-0.05, 0) is 30.5 Å². The third kappa shape index (κ3) is 3.01. The fourth-order valence-electron chi connectivity index (χ4n) is 2.35. The van der Waals surface area contributed by atoms with E-state index in [9.17, 15) is 4.79 Å². The number of nitrogens with zero attached hydrogens (tertiary/aromatic N) is 1. The Bertz CT molecular complexity index is 394. The van der Waals surface area contributed by atoms with E-state index in [1.807, 2.05) is 0 Å². The second kappa shape index (κ2) is 5.87. The topological polar surface area (TPSA) is 49.8 Å². The van der Waals surface area contributed by atoms with Gasteiger partial charge in [0.25, 0.3) is 0 Å². The van der Waals surface area contributed by atoms with Crippen molar-refractivity contribution in [2.75, 3.05) is 25.1 Å². The SMILES string of the molecule is COCc1ccc(N2CCC(C(=O)O)CC2)cc1. The van der Waals surface area contributed by atoms with E-state index in [-0.39, 0.29) is 5.92 Å². The molecule has 1 aromatic rings. The zero-order valence-electron chi connectivity index (χ0n) is 10.6. The summed E-state index contributed by atoms with van der Waals surface area (Å²) in [6.45, 7) is 2.27. The van der Waals surface area contributed by atoms with Crippen LogP contribution in [0.3, 0.4) is 0 Å². The molecule has 4 nitrogen and oxygen atoms in total. The van der Waals surface area contributed by atoms with E-state index in [1.54, 1.807) is 7.11 Å². The molecule has 0 aromatic heterocycles. The molecule has 0 aliphatic carbocycles. The minimum absolute atomic E-state index is 0.172. The molecule has 1 saturated heterocycles. The summed E-state index contributed by atoms with van der Waals surface area (Å²) in [6, 6.07) is 8.27. The summed E-state index contributed by atoms with van der Waals surface area (Å²) in [7, 11) is 1.69. The van der Waals surface area contributed by atoms with Crippen LogP contribution in [0.2, 0.25) is 0 Å². The first-order chi connectivity index (χ1) is 8.70. The highest BCUT2D eigenvalue weighted by atomic mass is 16.5. The van der Waals surface area contributed by atoms with E-state index in [2.05, 4.69) is 29.2 Å². The molecule has 0 saturated carbocycles. The molecule has 98 valence electrons. The second-order valence-electron chi connectivity index (χ2n) is 4.70. The third-order valence-corrected chi connectivity index (χ3v) is 3.46. The predicted molar refractivity (Wildman–Crippen MR) is 69.7 cm³/mol. The molecule has 0 radical (unpaired) electrons. The van der Waals surface area contributed by atoms with E-state index in [0.29, 0.717) is 6.61 Å². The smallest absolute Gasteiger partial charge is 0.306 e. The first kappa shape index (κ1) is 12.9. The Kier molecular flexibility index (Phi) is 4.20. The molecule has 0 atom stereocenters. The quantitative estimate of drug-likeness (QED) is 0.888. The molecule has 0 spiro atoms. The average molecular weight is 249 g/mol. The summed E-state index contributed by atoms with van der Waals surface area (Å²) in [6.07, 6.45) is 1.46. The molecule has 2 rings (SSSR count). The van der Waals surface area contributed by atoms with Crippen molar-refractivity contribution >= 4 is 11.7 Å². The molecular weight excluding hydrogens is 230 g/mol. The van der Waals surface area contributed by atoms with Gasteiger partial charge < -0.3 is 14.7 Å². The van der Waals surface area contributed by atoms with E-state index in [1.165, 1.54) is 5.69 Å². The maximum absolute atomic E-state index is 10.9. The maximum atomic E-state index is 10.9. The number of aliphatic carboxylic acids is 1. The lowest BCUT2D eigenvalue weighted by atomic mass is 9.96. The number of rotatable bonds is 4. The Hall–Kier alpha value is -1.55. The number of anilines is 1. The van der Waals surface area contributed by atoms with Gasteiger partial charge in [-0.1, -0.05) is 12.1 Å². The normalized spacial score (nSPS) is 16.8. The van der Waals surface area contributed by atoms with Crippen molar-refractivity contribution in [3.63, 3.8) is 0 Å². The fraction of sp³-hybridized carbons (Fsp3) is 0.500. The minimum atomic E-state index is -0.662. The first-order valence-electron chi connectivity index (χ1n) is 6.26. The van der Waals surface area contributed by atoms with Crippen molar-refractivity contribution in [3.05, 3.63) is 29.8 Å². The Morgan fingerprint density at radius 1 is 1.33 bits per heavy atom. The van der Waals surface area contributed by atoms with Crippen molar-refractivity contribution in [1.82, 2.24) is 0 Å². The van der Waals surface area contributed by atoms with Gasteiger partial charge in [0, 0.05) is 25.9 Å². The molecule has 1 aromatic carbocycles. The van der Waals surface area contributed by atoms with Crippen molar-refractivity contribution in [3.8, 4) is 0 Å². The minimum Gasteiger partial charge on any atom is -0.481 e. The lowest BCUT2D eigenvalue weighted by molar-refractivity contribution is -0.142. The zero-order chi connectivity index (χ0) is 13.0. The van der Waals surface area contributed by atoms with E-state index < -0.39 is 5.97 Å². The molecule has 4 heteroatoms. The van der Waals surface area contributed by atoms with Crippen LogP contribution in [0, 0.1) is 5.92 Å². The van der Waals surface area contributed by atoms with Crippen molar-refractivity contribution in [2.45, 2.75) is 19.4 Å².